The van der Waals surface area contributed by atoms with Gasteiger partial charge in [-0.3, -0.25) is 15.0 Å². The summed E-state index contributed by atoms with van der Waals surface area (Å²) in [6.07, 6.45) is 10.3. The first-order valence-corrected chi connectivity index (χ1v) is 7.23. The molecule has 0 atom stereocenters. The highest BCUT2D eigenvalue weighted by Gasteiger charge is 2.36. The molecule has 112 valence electrons. The SMILES string of the molecule is COC1=C(c2cnccn2)C(F)=CN2CN=CC(C3CC3)=C12. The van der Waals surface area contributed by atoms with Crippen LogP contribution in [0.2, 0.25) is 0 Å². The summed E-state index contributed by atoms with van der Waals surface area (Å²) in [7, 11) is 1.56. The number of aromatic nitrogens is 2. The average Bonchev–Trinajstić information content (AvgIpc) is 3.38. The molecule has 4 rings (SSSR count). The second kappa shape index (κ2) is 5.05. The highest BCUT2D eigenvalue weighted by atomic mass is 19.1. The number of allylic oxidation sites excluding steroid dienone is 3. The van der Waals surface area contributed by atoms with Crippen molar-refractivity contribution >= 4 is 11.8 Å². The molecule has 0 radical (unpaired) electrons. The molecule has 2 aliphatic heterocycles. The summed E-state index contributed by atoms with van der Waals surface area (Å²) in [5.74, 6) is 0.617. The fraction of sp³-hybridized carbons (Fsp3) is 0.312. The van der Waals surface area contributed by atoms with E-state index in [0.29, 0.717) is 29.6 Å². The van der Waals surface area contributed by atoms with Gasteiger partial charge in [-0.05, 0) is 18.8 Å². The van der Waals surface area contributed by atoms with Crippen LogP contribution >= 0.6 is 0 Å². The molecule has 1 aromatic heterocycles. The molecular weight excluding hydrogens is 283 g/mol. The summed E-state index contributed by atoms with van der Waals surface area (Å²) < 4.78 is 20.2. The second-order valence-corrected chi connectivity index (χ2v) is 5.48. The number of ether oxygens (including phenoxy) is 1. The van der Waals surface area contributed by atoms with Crippen LogP contribution in [0, 0.1) is 5.92 Å². The van der Waals surface area contributed by atoms with Crippen LogP contribution < -0.4 is 0 Å². The van der Waals surface area contributed by atoms with Gasteiger partial charge in [-0.25, -0.2) is 4.39 Å². The Morgan fingerprint density at radius 1 is 1.32 bits per heavy atom. The van der Waals surface area contributed by atoms with E-state index in [4.69, 9.17) is 4.74 Å². The van der Waals surface area contributed by atoms with Crippen LogP contribution in [0.1, 0.15) is 18.5 Å². The molecule has 1 aliphatic carbocycles. The molecule has 0 unspecified atom stereocenters. The second-order valence-electron chi connectivity index (χ2n) is 5.48. The highest BCUT2D eigenvalue weighted by Crippen LogP contribution is 2.44. The van der Waals surface area contributed by atoms with E-state index in [1.54, 1.807) is 25.7 Å². The topological polar surface area (TPSA) is 50.6 Å². The smallest absolute Gasteiger partial charge is 0.155 e. The summed E-state index contributed by atoms with van der Waals surface area (Å²) >= 11 is 0. The Morgan fingerprint density at radius 3 is 2.86 bits per heavy atom. The Bertz CT molecular complexity index is 732. The minimum atomic E-state index is -0.381. The standard InChI is InChI=1S/C16H15FN4O/c1-22-16-14(13-7-18-4-5-20-13)12(17)8-21-9-19-6-11(15(16)21)10-2-3-10/h4-8,10H,2-3,9H2,1H3. The van der Waals surface area contributed by atoms with Crippen molar-refractivity contribution in [1.82, 2.24) is 14.9 Å². The zero-order valence-electron chi connectivity index (χ0n) is 12.2. The fourth-order valence-corrected chi connectivity index (χ4v) is 2.88. The zero-order chi connectivity index (χ0) is 15.1. The zero-order valence-corrected chi connectivity index (χ0v) is 12.2. The summed E-state index contributed by atoms with van der Waals surface area (Å²) in [4.78, 5) is 14.4. The minimum absolute atomic E-state index is 0.357. The molecule has 3 aliphatic rings. The Labute approximate surface area is 127 Å². The summed E-state index contributed by atoms with van der Waals surface area (Å²) in [6.45, 7) is 0.402. The molecule has 5 nitrogen and oxygen atoms in total. The van der Waals surface area contributed by atoms with E-state index in [2.05, 4.69) is 15.0 Å². The Balaban J connectivity index is 1.94. The fourth-order valence-electron chi connectivity index (χ4n) is 2.88. The maximum Gasteiger partial charge on any atom is 0.155 e. The molecule has 0 amide bonds. The lowest BCUT2D eigenvalue weighted by atomic mass is 9.98. The van der Waals surface area contributed by atoms with Crippen molar-refractivity contribution in [3.05, 3.63) is 53.3 Å². The molecule has 1 aromatic rings. The number of fused-ring (bicyclic) bond motifs is 1. The molecular formula is C16H15FN4O. The predicted octanol–water partition coefficient (Wildman–Crippen LogP) is 2.67. The summed E-state index contributed by atoms with van der Waals surface area (Å²) in [5.41, 5.74) is 2.85. The molecule has 22 heavy (non-hydrogen) atoms. The van der Waals surface area contributed by atoms with Crippen molar-refractivity contribution in [2.75, 3.05) is 13.8 Å². The Morgan fingerprint density at radius 2 is 2.18 bits per heavy atom. The quantitative estimate of drug-likeness (QED) is 0.861. The lowest BCUT2D eigenvalue weighted by molar-refractivity contribution is 0.270. The Hall–Kier alpha value is -2.50. The summed E-state index contributed by atoms with van der Waals surface area (Å²) in [5, 5.41) is 0. The van der Waals surface area contributed by atoms with Gasteiger partial charge in [-0.1, -0.05) is 0 Å². The van der Waals surface area contributed by atoms with Crippen LogP contribution in [0.15, 0.2) is 52.6 Å². The van der Waals surface area contributed by atoms with Crippen LogP contribution in [0.3, 0.4) is 0 Å². The van der Waals surface area contributed by atoms with E-state index in [-0.39, 0.29) is 5.83 Å². The molecule has 1 saturated carbocycles. The van der Waals surface area contributed by atoms with Crippen molar-refractivity contribution in [3.8, 4) is 0 Å². The van der Waals surface area contributed by atoms with Crippen molar-refractivity contribution < 1.29 is 9.13 Å². The van der Waals surface area contributed by atoms with Crippen LogP contribution in [0.4, 0.5) is 4.39 Å². The molecule has 0 aromatic carbocycles. The van der Waals surface area contributed by atoms with Gasteiger partial charge in [-0.2, -0.15) is 0 Å². The number of rotatable bonds is 3. The number of hydrogen-bond acceptors (Lipinski definition) is 5. The van der Waals surface area contributed by atoms with E-state index >= 15 is 0 Å². The molecule has 3 heterocycles. The summed E-state index contributed by atoms with van der Waals surface area (Å²) in [6, 6.07) is 0. The highest BCUT2D eigenvalue weighted by molar-refractivity contribution is 5.88. The first-order valence-electron chi connectivity index (χ1n) is 7.23. The van der Waals surface area contributed by atoms with Crippen molar-refractivity contribution in [1.29, 1.82) is 0 Å². The third-order valence-corrected chi connectivity index (χ3v) is 4.02. The number of hydrogen-bond donors (Lipinski definition) is 0. The number of methoxy groups -OCH3 is 1. The van der Waals surface area contributed by atoms with Gasteiger partial charge in [0.15, 0.2) is 11.6 Å². The monoisotopic (exact) mass is 298 g/mol. The molecule has 0 spiro atoms. The minimum Gasteiger partial charge on any atom is -0.494 e. The molecule has 0 bridgehead atoms. The number of halogens is 1. The van der Waals surface area contributed by atoms with Gasteiger partial charge in [0, 0.05) is 30.4 Å². The van der Waals surface area contributed by atoms with Gasteiger partial charge < -0.3 is 9.64 Å². The van der Waals surface area contributed by atoms with Gasteiger partial charge in [0.1, 0.15) is 6.67 Å². The van der Waals surface area contributed by atoms with Crippen LogP contribution in [-0.2, 0) is 4.74 Å². The van der Waals surface area contributed by atoms with E-state index in [1.165, 1.54) is 6.20 Å². The first kappa shape index (κ1) is 13.2. The number of nitrogens with zero attached hydrogens (tertiary/aromatic N) is 4. The molecule has 0 N–H and O–H groups in total. The molecule has 0 saturated heterocycles. The van der Waals surface area contributed by atoms with E-state index in [9.17, 15) is 4.39 Å². The third kappa shape index (κ3) is 2.03. The Kier molecular flexibility index (Phi) is 3.03. The van der Waals surface area contributed by atoms with E-state index in [0.717, 1.165) is 24.1 Å². The van der Waals surface area contributed by atoms with E-state index in [1.807, 2.05) is 11.1 Å². The van der Waals surface area contributed by atoms with Gasteiger partial charge in [0.2, 0.25) is 0 Å². The van der Waals surface area contributed by atoms with Crippen molar-refractivity contribution in [3.63, 3.8) is 0 Å². The van der Waals surface area contributed by atoms with Crippen LogP contribution in [0.25, 0.3) is 5.57 Å². The maximum absolute atomic E-state index is 14.6. The van der Waals surface area contributed by atoms with E-state index < -0.39 is 0 Å². The van der Waals surface area contributed by atoms with Gasteiger partial charge in [0.05, 0.1) is 30.3 Å². The van der Waals surface area contributed by atoms with Crippen LogP contribution in [-0.4, -0.2) is 34.9 Å². The largest absolute Gasteiger partial charge is 0.494 e. The average molecular weight is 298 g/mol. The van der Waals surface area contributed by atoms with Crippen molar-refractivity contribution in [2.45, 2.75) is 12.8 Å². The molecule has 1 fully saturated rings. The number of aliphatic imine (C=N–C) groups is 1. The van der Waals surface area contributed by atoms with Crippen molar-refractivity contribution in [2.24, 2.45) is 10.9 Å². The normalized spacial score (nSPS) is 21.0. The first-order chi connectivity index (χ1) is 10.8. The van der Waals surface area contributed by atoms with Gasteiger partial charge in [-0.15, -0.1) is 0 Å². The third-order valence-electron chi connectivity index (χ3n) is 4.02. The van der Waals surface area contributed by atoms with Gasteiger partial charge >= 0.3 is 0 Å². The molecule has 6 heteroatoms. The lowest BCUT2D eigenvalue weighted by Gasteiger charge is -2.32. The lowest BCUT2D eigenvalue weighted by Crippen LogP contribution is -2.29. The van der Waals surface area contributed by atoms with Crippen LogP contribution in [0.5, 0.6) is 0 Å². The predicted molar refractivity (Wildman–Crippen MR) is 80.1 cm³/mol. The van der Waals surface area contributed by atoms with Gasteiger partial charge in [0.25, 0.3) is 0 Å². The maximum atomic E-state index is 14.6.